The summed E-state index contributed by atoms with van der Waals surface area (Å²) in [5.74, 6) is 0.185. The topological polar surface area (TPSA) is 49.3 Å². The summed E-state index contributed by atoms with van der Waals surface area (Å²) in [7, 11) is 0. The first kappa shape index (κ1) is 14.9. The normalized spacial score (nSPS) is 11.1. The van der Waals surface area contributed by atoms with Crippen LogP contribution in [0.15, 0.2) is 46.8 Å². The Morgan fingerprint density at radius 2 is 2.22 bits per heavy atom. The van der Waals surface area contributed by atoms with Crippen LogP contribution in [0.5, 0.6) is 5.75 Å². The van der Waals surface area contributed by atoms with Gasteiger partial charge < -0.3 is 10.4 Å². The molecule has 0 unspecified atom stereocenters. The second-order valence-electron chi connectivity index (χ2n) is 3.37. The number of nitrogens with one attached hydrogen (secondary N) is 1. The third-order valence-corrected chi connectivity index (χ3v) is 3.52. The van der Waals surface area contributed by atoms with Crippen molar-refractivity contribution in [3.8, 4) is 5.75 Å². The van der Waals surface area contributed by atoms with Crippen molar-refractivity contribution in [3.63, 3.8) is 0 Å². The van der Waals surface area contributed by atoms with Gasteiger partial charge in [0.1, 0.15) is 5.75 Å². The van der Waals surface area contributed by atoms with Crippen LogP contribution in [0.25, 0.3) is 0 Å². The van der Waals surface area contributed by atoms with Gasteiger partial charge in [-0.3, -0.25) is 4.79 Å². The maximum atomic E-state index is 11.6. The highest BCUT2D eigenvalue weighted by atomic mass is 79.9. The minimum absolute atomic E-state index is 0.0443. The van der Waals surface area contributed by atoms with Crippen molar-refractivity contribution < 1.29 is 9.90 Å². The lowest BCUT2D eigenvalue weighted by Crippen LogP contribution is -2.06. The molecule has 0 radical (unpaired) electrons. The quantitative estimate of drug-likeness (QED) is 0.615. The summed E-state index contributed by atoms with van der Waals surface area (Å²) in [5, 5.41) is 12.6. The number of phenols is 1. The summed E-state index contributed by atoms with van der Waals surface area (Å²) in [6.07, 6.45) is 3.71. The maximum absolute atomic E-state index is 11.6. The molecule has 0 heterocycles. The van der Waals surface area contributed by atoms with Gasteiger partial charge >= 0.3 is 0 Å². The van der Waals surface area contributed by atoms with Gasteiger partial charge in [-0.15, -0.1) is 0 Å². The number of allylic oxidation sites excluding steroid dienone is 2. The Balaban J connectivity index is 2.34. The molecule has 0 atom stereocenters. The molecule has 0 saturated heterocycles. The van der Waals surface area contributed by atoms with Crippen LogP contribution in [0.3, 0.4) is 0 Å². The van der Waals surface area contributed by atoms with Gasteiger partial charge in [0, 0.05) is 13.0 Å². The van der Waals surface area contributed by atoms with E-state index >= 15 is 0 Å². The van der Waals surface area contributed by atoms with Crippen LogP contribution in [-0.2, 0) is 4.79 Å². The molecule has 0 fully saturated rings. The molecule has 96 valence electrons. The van der Waals surface area contributed by atoms with Crippen molar-refractivity contribution in [3.05, 3.63) is 46.8 Å². The van der Waals surface area contributed by atoms with Crippen molar-refractivity contribution >= 4 is 38.5 Å². The molecule has 0 amide bonds. The van der Waals surface area contributed by atoms with Crippen molar-refractivity contribution in [2.45, 2.75) is 6.42 Å². The van der Waals surface area contributed by atoms with Gasteiger partial charge in [0.2, 0.25) is 0 Å². The Labute approximate surface area is 119 Å². The van der Waals surface area contributed by atoms with E-state index in [0.717, 1.165) is 15.6 Å². The number of carbonyl (C=O) groups excluding carboxylic acids is 1. The molecule has 1 aromatic rings. The van der Waals surface area contributed by atoms with E-state index < -0.39 is 0 Å². The number of hydrogen-bond donors (Lipinski definition) is 2. The van der Waals surface area contributed by atoms with Crippen molar-refractivity contribution in [1.29, 1.82) is 0 Å². The largest absolute Gasteiger partial charge is 0.506 e. The van der Waals surface area contributed by atoms with Crippen LogP contribution >= 0.6 is 27.7 Å². The number of para-hydroxylation sites is 2. The Kier molecular flexibility index (Phi) is 6.60. The number of aromatic hydroxyl groups is 1. The first-order valence-electron chi connectivity index (χ1n) is 5.34. The predicted octanol–water partition coefficient (Wildman–Crippen LogP) is 3.88. The number of phenolic OH excluding ortho intramolecular Hbond substituents is 1. The van der Waals surface area contributed by atoms with E-state index in [-0.39, 0.29) is 10.9 Å². The lowest BCUT2D eigenvalue weighted by Gasteiger charge is -2.07. The van der Waals surface area contributed by atoms with Gasteiger partial charge in [0.05, 0.1) is 9.50 Å². The zero-order chi connectivity index (χ0) is 13.4. The summed E-state index contributed by atoms with van der Waals surface area (Å²) >= 11 is 4.39. The fraction of sp³-hybridized carbons (Fsp3) is 0.154. The summed E-state index contributed by atoms with van der Waals surface area (Å²) in [4.78, 5) is 11.6. The molecule has 1 aromatic carbocycles. The average Bonchev–Trinajstić information content (AvgIpc) is 2.31. The molecule has 3 nitrogen and oxygen atoms in total. The highest BCUT2D eigenvalue weighted by Gasteiger charge is 2.05. The standard InChI is InChI=1S/C13H14BrNO2S/c1-2-5-12(14)18-13(17)8-9-15-10-6-3-4-7-11(10)16/h2-7,15-16H,1,8-9H2/b12-5-. The SMILES string of the molecule is C=C/C=C(/Br)SC(=O)CCNc1ccccc1O. The van der Waals surface area contributed by atoms with E-state index in [0.29, 0.717) is 18.7 Å². The Bertz CT molecular complexity index is 460. The average molecular weight is 328 g/mol. The maximum Gasteiger partial charge on any atom is 0.195 e. The van der Waals surface area contributed by atoms with Gasteiger partial charge in [-0.2, -0.15) is 0 Å². The molecule has 0 aliphatic rings. The highest BCUT2D eigenvalue weighted by Crippen LogP contribution is 2.25. The number of carbonyl (C=O) groups is 1. The first-order valence-corrected chi connectivity index (χ1v) is 6.95. The molecule has 0 saturated carbocycles. The predicted molar refractivity (Wildman–Crippen MR) is 81.0 cm³/mol. The molecule has 0 aromatic heterocycles. The van der Waals surface area contributed by atoms with Crippen molar-refractivity contribution in [2.24, 2.45) is 0 Å². The monoisotopic (exact) mass is 327 g/mol. The van der Waals surface area contributed by atoms with E-state index in [9.17, 15) is 9.90 Å². The van der Waals surface area contributed by atoms with Gasteiger partial charge in [0.25, 0.3) is 0 Å². The van der Waals surface area contributed by atoms with Gasteiger partial charge in [-0.25, -0.2) is 0 Å². The second kappa shape index (κ2) is 8.00. The zero-order valence-corrected chi connectivity index (χ0v) is 12.1. The second-order valence-corrected chi connectivity index (χ2v) is 5.85. The van der Waals surface area contributed by atoms with Gasteiger partial charge in [-0.05, 0) is 45.9 Å². The van der Waals surface area contributed by atoms with Crippen molar-refractivity contribution in [1.82, 2.24) is 0 Å². The van der Waals surface area contributed by atoms with E-state index in [4.69, 9.17) is 0 Å². The number of thioether (sulfide) groups is 1. The fourth-order valence-electron chi connectivity index (χ4n) is 1.21. The third-order valence-electron chi connectivity index (χ3n) is 2.01. The van der Waals surface area contributed by atoms with Crippen LogP contribution < -0.4 is 5.32 Å². The smallest absolute Gasteiger partial charge is 0.195 e. The summed E-state index contributed by atoms with van der Waals surface area (Å²) in [6, 6.07) is 6.93. The molecule has 0 aliphatic heterocycles. The van der Waals surface area contributed by atoms with Crippen LogP contribution in [0.4, 0.5) is 5.69 Å². The molecule has 2 N–H and O–H groups in total. The Morgan fingerprint density at radius 3 is 2.89 bits per heavy atom. The molecule has 1 rings (SSSR count). The summed E-state index contributed by atoms with van der Waals surface area (Å²) in [6.45, 7) is 4.03. The molecule has 0 spiro atoms. The van der Waals surface area contributed by atoms with Gasteiger partial charge in [0.15, 0.2) is 5.12 Å². The molecule has 5 heteroatoms. The molecular weight excluding hydrogens is 314 g/mol. The number of anilines is 1. The molecule has 18 heavy (non-hydrogen) atoms. The fourth-order valence-corrected chi connectivity index (χ4v) is 2.52. The number of rotatable bonds is 6. The lowest BCUT2D eigenvalue weighted by molar-refractivity contribution is -0.110. The minimum atomic E-state index is 0.0443. The van der Waals surface area contributed by atoms with Crippen LogP contribution in [0.2, 0.25) is 0 Å². The van der Waals surface area contributed by atoms with E-state index in [2.05, 4.69) is 27.8 Å². The van der Waals surface area contributed by atoms with E-state index in [1.54, 1.807) is 30.4 Å². The van der Waals surface area contributed by atoms with Crippen LogP contribution in [-0.4, -0.2) is 16.8 Å². The van der Waals surface area contributed by atoms with Crippen LogP contribution in [0, 0.1) is 0 Å². The molecular formula is C13H14BrNO2S. The Morgan fingerprint density at radius 1 is 1.50 bits per heavy atom. The first-order chi connectivity index (χ1) is 8.63. The highest BCUT2D eigenvalue weighted by molar-refractivity contribution is 9.14. The van der Waals surface area contributed by atoms with Gasteiger partial charge in [-0.1, -0.05) is 24.8 Å². The van der Waals surface area contributed by atoms with E-state index in [1.165, 1.54) is 0 Å². The summed E-state index contributed by atoms with van der Waals surface area (Å²) < 4.78 is 0.741. The summed E-state index contributed by atoms with van der Waals surface area (Å²) in [5.41, 5.74) is 0.635. The third kappa shape index (κ3) is 5.42. The zero-order valence-electron chi connectivity index (χ0n) is 9.73. The van der Waals surface area contributed by atoms with Crippen molar-refractivity contribution in [2.75, 3.05) is 11.9 Å². The lowest BCUT2D eigenvalue weighted by atomic mass is 10.3. The van der Waals surface area contributed by atoms with Crippen LogP contribution in [0.1, 0.15) is 6.42 Å². The number of hydrogen-bond acceptors (Lipinski definition) is 4. The Hall–Kier alpha value is -1.20. The number of benzene rings is 1. The van der Waals surface area contributed by atoms with E-state index in [1.807, 2.05) is 6.07 Å². The molecule has 0 bridgehead atoms. The number of halogens is 1. The minimum Gasteiger partial charge on any atom is -0.506 e. The molecule has 0 aliphatic carbocycles.